The Balaban J connectivity index is 1.27. The topological polar surface area (TPSA) is 95.9 Å². The van der Waals surface area contributed by atoms with E-state index in [4.69, 9.17) is 9.84 Å². The molecule has 0 saturated carbocycles. The number of hydrogen-bond acceptors (Lipinski definition) is 4. The van der Waals surface area contributed by atoms with E-state index >= 15 is 0 Å². The summed E-state index contributed by atoms with van der Waals surface area (Å²) in [6.07, 6.45) is 1.05. The Morgan fingerprint density at radius 2 is 1.68 bits per heavy atom. The van der Waals surface area contributed by atoms with Crippen LogP contribution >= 0.6 is 0 Å². The van der Waals surface area contributed by atoms with E-state index in [0.29, 0.717) is 13.0 Å². The highest BCUT2D eigenvalue weighted by Crippen LogP contribution is 2.44. The van der Waals surface area contributed by atoms with Gasteiger partial charge in [-0.15, -0.1) is 0 Å². The zero-order valence-electron chi connectivity index (χ0n) is 17.3. The molecule has 1 atom stereocenters. The maximum atomic E-state index is 12.4. The SMILES string of the molecule is O=C(O)C[C@H]1CCCN1C(=O)CCNC(=O)OCC1c2ccccc2-c2ccccc21. The predicted octanol–water partition coefficient (Wildman–Crippen LogP) is 3.38. The van der Waals surface area contributed by atoms with Crippen LogP contribution in [0, 0.1) is 0 Å². The molecule has 0 aromatic heterocycles. The highest BCUT2D eigenvalue weighted by atomic mass is 16.5. The number of ether oxygens (including phenoxy) is 1. The van der Waals surface area contributed by atoms with Crippen LogP contribution in [-0.2, 0) is 14.3 Å². The smallest absolute Gasteiger partial charge is 0.407 e. The number of nitrogens with one attached hydrogen (secondary N) is 1. The van der Waals surface area contributed by atoms with Gasteiger partial charge in [0.1, 0.15) is 6.61 Å². The van der Waals surface area contributed by atoms with Crippen molar-refractivity contribution in [3.63, 3.8) is 0 Å². The standard InChI is InChI=1S/C24H26N2O5/c27-22(26-13-5-6-16(26)14-23(28)29)11-12-25-24(30)31-15-21-19-9-3-1-7-17(19)18-8-2-4-10-20(18)21/h1-4,7-10,16,21H,5-6,11-15H2,(H,25,30)(H,28,29)/t16-/m1/s1. The fourth-order valence-corrected chi connectivity index (χ4v) is 4.64. The molecule has 0 bridgehead atoms. The Hall–Kier alpha value is -3.35. The zero-order valence-corrected chi connectivity index (χ0v) is 17.3. The molecule has 2 amide bonds. The second-order valence-electron chi connectivity index (χ2n) is 7.98. The Morgan fingerprint density at radius 1 is 1.03 bits per heavy atom. The van der Waals surface area contributed by atoms with Crippen molar-refractivity contribution in [2.45, 2.75) is 37.6 Å². The molecule has 0 radical (unpaired) electrons. The first-order valence-electron chi connectivity index (χ1n) is 10.6. The number of likely N-dealkylation sites (tertiary alicyclic amines) is 1. The van der Waals surface area contributed by atoms with E-state index in [1.807, 2.05) is 24.3 Å². The minimum atomic E-state index is -0.901. The lowest BCUT2D eigenvalue weighted by molar-refractivity contribution is -0.139. The van der Waals surface area contributed by atoms with Gasteiger partial charge in [-0.3, -0.25) is 9.59 Å². The summed E-state index contributed by atoms with van der Waals surface area (Å²) in [5.41, 5.74) is 4.62. The van der Waals surface area contributed by atoms with Gasteiger partial charge in [0, 0.05) is 31.5 Å². The van der Waals surface area contributed by atoms with Gasteiger partial charge in [-0.05, 0) is 35.1 Å². The van der Waals surface area contributed by atoms with Crippen molar-refractivity contribution in [2.24, 2.45) is 0 Å². The molecule has 7 nitrogen and oxygen atoms in total. The maximum absolute atomic E-state index is 12.4. The molecule has 2 N–H and O–H groups in total. The number of amides is 2. The van der Waals surface area contributed by atoms with E-state index in [0.717, 1.165) is 17.5 Å². The molecule has 1 heterocycles. The summed E-state index contributed by atoms with van der Waals surface area (Å²) in [6.45, 7) is 0.953. The molecule has 2 aromatic rings. The van der Waals surface area contributed by atoms with E-state index in [-0.39, 0.29) is 43.9 Å². The van der Waals surface area contributed by atoms with Crippen LogP contribution in [0.3, 0.4) is 0 Å². The third kappa shape index (κ3) is 4.55. The average Bonchev–Trinajstić information content (AvgIpc) is 3.34. The molecule has 1 aliphatic heterocycles. The average molecular weight is 422 g/mol. The van der Waals surface area contributed by atoms with Crippen LogP contribution in [-0.4, -0.2) is 53.7 Å². The monoisotopic (exact) mass is 422 g/mol. The van der Waals surface area contributed by atoms with Gasteiger partial charge < -0.3 is 20.1 Å². The molecule has 162 valence electrons. The first-order valence-corrected chi connectivity index (χ1v) is 10.6. The van der Waals surface area contributed by atoms with Crippen molar-refractivity contribution in [2.75, 3.05) is 19.7 Å². The molecule has 2 aromatic carbocycles. The van der Waals surface area contributed by atoms with Gasteiger partial charge >= 0.3 is 12.1 Å². The molecule has 1 saturated heterocycles. The second kappa shape index (κ2) is 9.20. The molecule has 31 heavy (non-hydrogen) atoms. The Labute approximate surface area is 181 Å². The fraction of sp³-hybridized carbons (Fsp3) is 0.375. The van der Waals surface area contributed by atoms with E-state index in [9.17, 15) is 14.4 Å². The minimum Gasteiger partial charge on any atom is -0.481 e. The lowest BCUT2D eigenvalue weighted by atomic mass is 9.98. The van der Waals surface area contributed by atoms with Crippen LogP contribution in [0.2, 0.25) is 0 Å². The fourth-order valence-electron chi connectivity index (χ4n) is 4.64. The molecule has 7 heteroatoms. The zero-order chi connectivity index (χ0) is 21.8. The third-order valence-corrected chi connectivity index (χ3v) is 6.06. The lowest BCUT2D eigenvalue weighted by Gasteiger charge is -2.23. The maximum Gasteiger partial charge on any atom is 0.407 e. The number of hydrogen-bond donors (Lipinski definition) is 2. The van der Waals surface area contributed by atoms with Crippen LogP contribution in [0.25, 0.3) is 11.1 Å². The quantitative estimate of drug-likeness (QED) is 0.713. The molecule has 4 rings (SSSR count). The number of carbonyl (C=O) groups is 3. The summed E-state index contributed by atoms with van der Waals surface area (Å²) in [5, 5.41) is 11.6. The van der Waals surface area contributed by atoms with Crippen molar-refractivity contribution in [3.05, 3.63) is 59.7 Å². The summed E-state index contributed by atoms with van der Waals surface area (Å²) in [6, 6.07) is 16.0. The van der Waals surface area contributed by atoms with E-state index in [2.05, 4.69) is 29.6 Å². The van der Waals surface area contributed by atoms with Gasteiger partial charge in [-0.25, -0.2) is 4.79 Å². The van der Waals surface area contributed by atoms with Crippen LogP contribution in [0.5, 0.6) is 0 Å². The molecule has 1 aliphatic carbocycles. The number of rotatable bonds is 7. The van der Waals surface area contributed by atoms with E-state index < -0.39 is 12.1 Å². The molecular weight excluding hydrogens is 396 g/mol. The Morgan fingerprint density at radius 3 is 2.32 bits per heavy atom. The Kier molecular flexibility index (Phi) is 6.21. The van der Waals surface area contributed by atoms with Crippen LogP contribution in [0.4, 0.5) is 4.79 Å². The number of nitrogens with zero attached hydrogens (tertiary/aromatic N) is 1. The minimum absolute atomic E-state index is 0.0128. The van der Waals surface area contributed by atoms with Crippen molar-refractivity contribution < 1.29 is 24.2 Å². The molecule has 1 fully saturated rings. The summed E-state index contributed by atoms with van der Waals surface area (Å²) in [5.74, 6) is -1.05. The van der Waals surface area contributed by atoms with Gasteiger partial charge in [-0.2, -0.15) is 0 Å². The van der Waals surface area contributed by atoms with E-state index in [1.54, 1.807) is 4.90 Å². The number of fused-ring (bicyclic) bond motifs is 3. The molecule has 0 unspecified atom stereocenters. The first kappa shape index (κ1) is 20.9. The number of benzene rings is 2. The van der Waals surface area contributed by atoms with Crippen LogP contribution in [0.15, 0.2) is 48.5 Å². The van der Waals surface area contributed by atoms with Crippen molar-refractivity contribution >= 4 is 18.0 Å². The van der Waals surface area contributed by atoms with Crippen LogP contribution in [0.1, 0.15) is 42.7 Å². The third-order valence-electron chi connectivity index (χ3n) is 6.06. The van der Waals surface area contributed by atoms with Crippen molar-refractivity contribution in [1.29, 1.82) is 0 Å². The van der Waals surface area contributed by atoms with Gasteiger partial charge in [0.25, 0.3) is 0 Å². The number of carboxylic acid groups (broad SMARTS) is 1. The molecular formula is C24H26N2O5. The number of carbonyl (C=O) groups excluding carboxylic acids is 2. The normalized spacial score (nSPS) is 17.2. The largest absolute Gasteiger partial charge is 0.481 e. The number of alkyl carbamates (subject to hydrolysis) is 1. The van der Waals surface area contributed by atoms with Gasteiger partial charge in [0.15, 0.2) is 0 Å². The summed E-state index contributed by atoms with van der Waals surface area (Å²) in [7, 11) is 0. The first-order chi connectivity index (χ1) is 15.0. The summed E-state index contributed by atoms with van der Waals surface area (Å²) < 4.78 is 5.47. The number of carboxylic acids is 1. The lowest BCUT2D eigenvalue weighted by Crippen LogP contribution is -2.39. The highest BCUT2D eigenvalue weighted by molar-refractivity contribution is 5.80. The summed E-state index contributed by atoms with van der Waals surface area (Å²) >= 11 is 0. The van der Waals surface area contributed by atoms with Gasteiger partial charge in [0.05, 0.1) is 6.42 Å². The Bertz CT molecular complexity index is 944. The van der Waals surface area contributed by atoms with Crippen LogP contribution < -0.4 is 5.32 Å². The predicted molar refractivity (Wildman–Crippen MR) is 115 cm³/mol. The molecule has 2 aliphatic rings. The second-order valence-corrected chi connectivity index (χ2v) is 7.98. The van der Waals surface area contributed by atoms with Gasteiger partial charge in [0.2, 0.25) is 5.91 Å². The number of aliphatic carboxylic acids is 1. The van der Waals surface area contributed by atoms with Crippen molar-refractivity contribution in [3.8, 4) is 11.1 Å². The highest BCUT2D eigenvalue weighted by Gasteiger charge is 2.31. The van der Waals surface area contributed by atoms with Crippen molar-refractivity contribution in [1.82, 2.24) is 10.2 Å². The summed E-state index contributed by atoms with van der Waals surface area (Å²) in [4.78, 5) is 37.2. The van der Waals surface area contributed by atoms with Gasteiger partial charge in [-0.1, -0.05) is 48.5 Å². The molecule has 0 spiro atoms. The van der Waals surface area contributed by atoms with E-state index in [1.165, 1.54) is 11.1 Å².